The lowest BCUT2D eigenvalue weighted by atomic mass is 10.1. The van der Waals surface area contributed by atoms with Gasteiger partial charge in [0.05, 0.1) is 42.1 Å². The fraction of sp³-hybridized carbons (Fsp3) is 0.350. The van der Waals surface area contributed by atoms with Gasteiger partial charge < -0.3 is 9.64 Å². The Morgan fingerprint density at radius 3 is 2.53 bits per heavy atom. The molecule has 5 rings (SSSR count). The Morgan fingerprint density at radius 1 is 1.09 bits per heavy atom. The van der Waals surface area contributed by atoms with Crippen molar-refractivity contribution < 1.29 is 27.1 Å². The van der Waals surface area contributed by atoms with Gasteiger partial charge in [-0.05, 0) is 37.0 Å². The van der Waals surface area contributed by atoms with Crippen LogP contribution in [0.3, 0.4) is 0 Å². The molecule has 2 fully saturated rings. The lowest BCUT2D eigenvalue weighted by Gasteiger charge is -2.33. The third-order valence-electron chi connectivity index (χ3n) is 5.70. The van der Waals surface area contributed by atoms with Crippen LogP contribution in [0.15, 0.2) is 43.0 Å². The minimum Gasteiger partial charge on any atom is -0.471 e. The van der Waals surface area contributed by atoms with E-state index in [0.717, 1.165) is 12.3 Å². The summed E-state index contributed by atoms with van der Waals surface area (Å²) in [4.78, 5) is 23.2. The van der Waals surface area contributed by atoms with Gasteiger partial charge in [0.15, 0.2) is 5.69 Å². The van der Waals surface area contributed by atoms with E-state index in [1.165, 1.54) is 29.3 Å². The van der Waals surface area contributed by atoms with Gasteiger partial charge in [-0.3, -0.25) is 4.79 Å². The van der Waals surface area contributed by atoms with Crippen molar-refractivity contribution in [3.05, 3.63) is 60.1 Å². The average molecular weight is 448 g/mol. The number of fused-ring (bicyclic) bond motifs is 2. The zero-order valence-electron chi connectivity index (χ0n) is 16.4. The van der Waals surface area contributed by atoms with Gasteiger partial charge in [-0.1, -0.05) is 0 Å². The lowest BCUT2D eigenvalue weighted by molar-refractivity contribution is -0.141. The molecule has 2 aromatic heterocycles. The highest BCUT2D eigenvalue weighted by Crippen LogP contribution is 2.40. The molecule has 1 aliphatic heterocycles. The van der Waals surface area contributed by atoms with Crippen molar-refractivity contribution in [2.45, 2.75) is 31.2 Å². The van der Waals surface area contributed by atoms with Gasteiger partial charge in [0.1, 0.15) is 11.9 Å². The summed E-state index contributed by atoms with van der Waals surface area (Å²) in [6, 6.07) is 3.48. The van der Waals surface area contributed by atoms with Crippen LogP contribution in [0.4, 0.5) is 17.6 Å². The predicted octanol–water partition coefficient (Wildman–Crippen LogP) is 2.90. The molecule has 3 aromatic rings. The standard InChI is InChI=1S/C20H16F4N6O2/c21-12-1-2-14(30-27-3-4-28-30)13(7-12)19(31)29-10-11-5-15(29)16(6-11)32-18-9-25-17(8-26-18)20(22,23)24/h1-4,7-9,11,15-16H,5-6,10H2. The van der Waals surface area contributed by atoms with Crippen LogP contribution in [0.25, 0.3) is 5.69 Å². The third kappa shape index (κ3) is 3.65. The van der Waals surface area contributed by atoms with E-state index in [9.17, 15) is 22.4 Å². The summed E-state index contributed by atoms with van der Waals surface area (Å²) in [7, 11) is 0. The van der Waals surface area contributed by atoms with Gasteiger partial charge in [0.2, 0.25) is 5.88 Å². The van der Waals surface area contributed by atoms with Crippen LogP contribution in [-0.2, 0) is 6.18 Å². The number of alkyl halides is 3. The molecule has 3 unspecified atom stereocenters. The van der Waals surface area contributed by atoms with E-state index < -0.39 is 29.7 Å². The van der Waals surface area contributed by atoms with Crippen LogP contribution < -0.4 is 4.74 Å². The third-order valence-corrected chi connectivity index (χ3v) is 5.70. The SMILES string of the molecule is O=C(c1cc(F)ccc1-n1nccn1)N1CC2CC(Oc3cnc(C(F)(F)F)cn3)C1C2. The monoisotopic (exact) mass is 448 g/mol. The number of hydrogen-bond donors (Lipinski definition) is 0. The molecule has 2 aliphatic rings. The van der Waals surface area contributed by atoms with E-state index in [0.29, 0.717) is 31.3 Å². The summed E-state index contributed by atoms with van der Waals surface area (Å²) in [6.07, 6.45) is 0.699. The zero-order valence-corrected chi connectivity index (χ0v) is 16.4. The van der Waals surface area contributed by atoms with Crippen molar-refractivity contribution in [1.82, 2.24) is 29.9 Å². The van der Waals surface area contributed by atoms with Gasteiger partial charge in [0.25, 0.3) is 5.91 Å². The minimum atomic E-state index is -4.59. The fourth-order valence-electron chi connectivity index (χ4n) is 4.35. The Hall–Kier alpha value is -3.57. The molecule has 1 aromatic carbocycles. The summed E-state index contributed by atoms with van der Waals surface area (Å²) in [5, 5.41) is 8.04. The van der Waals surface area contributed by atoms with Gasteiger partial charge >= 0.3 is 6.18 Å². The summed E-state index contributed by atoms with van der Waals surface area (Å²) in [5.41, 5.74) is -0.655. The number of nitrogens with zero attached hydrogens (tertiary/aromatic N) is 6. The number of aromatic nitrogens is 5. The molecule has 3 atom stereocenters. The quantitative estimate of drug-likeness (QED) is 0.571. The van der Waals surface area contributed by atoms with Crippen LogP contribution >= 0.6 is 0 Å². The van der Waals surface area contributed by atoms with Crippen LogP contribution in [0.2, 0.25) is 0 Å². The van der Waals surface area contributed by atoms with E-state index in [-0.39, 0.29) is 23.4 Å². The number of carbonyl (C=O) groups is 1. The number of piperidine rings is 1. The average Bonchev–Trinajstić information content (AvgIpc) is 3.50. The molecule has 166 valence electrons. The molecule has 12 heteroatoms. The van der Waals surface area contributed by atoms with E-state index in [1.807, 2.05) is 0 Å². The van der Waals surface area contributed by atoms with Crippen LogP contribution in [0, 0.1) is 11.7 Å². The molecule has 0 radical (unpaired) electrons. The zero-order chi connectivity index (χ0) is 22.5. The number of amides is 1. The Morgan fingerprint density at radius 2 is 1.88 bits per heavy atom. The van der Waals surface area contributed by atoms with Crippen molar-refractivity contribution >= 4 is 5.91 Å². The van der Waals surface area contributed by atoms with Crippen molar-refractivity contribution in [1.29, 1.82) is 0 Å². The first kappa shape index (κ1) is 20.3. The smallest absolute Gasteiger partial charge is 0.434 e. The Kier molecular flexibility index (Phi) is 4.79. The summed E-state index contributed by atoms with van der Waals surface area (Å²) >= 11 is 0. The number of likely N-dealkylation sites (tertiary alicyclic amines) is 1. The first-order valence-electron chi connectivity index (χ1n) is 9.82. The maximum Gasteiger partial charge on any atom is 0.434 e. The molecule has 1 saturated heterocycles. The second kappa shape index (κ2) is 7.53. The van der Waals surface area contributed by atoms with E-state index >= 15 is 0 Å². The van der Waals surface area contributed by atoms with Gasteiger partial charge in [-0.2, -0.15) is 28.2 Å². The maximum absolute atomic E-state index is 14.0. The minimum absolute atomic E-state index is 0.0462. The number of halogens is 4. The molecular formula is C20H16F4N6O2. The second-order valence-electron chi connectivity index (χ2n) is 7.74. The van der Waals surface area contributed by atoms with Gasteiger partial charge in [-0.25, -0.2) is 14.4 Å². The van der Waals surface area contributed by atoms with Gasteiger partial charge in [-0.15, -0.1) is 0 Å². The van der Waals surface area contributed by atoms with E-state index in [2.05, 4.69) is 20.2 Å². The van der Waals surface area contributed by atoms with Crippen molar-refractivity contribution in [2.24, 2.45) is 5.92 Å². The van der Waals surface area contributed by atoms with Gasteiger partial charge in [0, 0.05) is 6.54 Å². The van der Waals surface area contributed by atoms with Crippen molar-refractivity contribution in [2.75, 3.05) is 6.54 Å². The van der Waals surface area contributed by atoms with E-state index in [4.69, 9.17) is 4.74 Å². The highest BCUT2D eigenvalue weighted by molar-refractivity contribution is 5.98. The summed E-state index contributed by atoms with van der Waals surface area (Å²) in [6.45, 7) is 0.477. The molecule has 2 bridgehead atoms. The fourth-order valence-corrected chi connectivity index (χ4v) is 4.35. The first-order valence-corrected chi connectivity index (χ1v) is 9.82. The van der Waals surface area contributed by atoms with Crippen LogP contribution in [0.5, 0.6) is 5.88 Å². The maximum atomic E-state index is 14.0. The largest absolute Gasteiger partial charge is 0.471 e. The number of hydrogen-bond acceptors (Lipinski definition) is 6. The Balaban J connectivity index is 1.37. The van der Waals surface area contributed by atoms with E-state index in [1.54, 1.807) is 4.90 Å². The lowest BCUT2D eigenvalue weighted by Crippen LogP contribution is -2.47. The van der Waals surface area contributed by atoms with Crippen LogP contribution in [0.1, 0.15) is 28.9 Å². The molecule has 3 heterocycles. The molecule has 1 saturated carbocycles. The molecule has 32 heavy (non-hydrogen) atoms. The number of benzene rings is 1. The Labute approximate surface area is 178 Å². The van der Waals surface area contributed by atoms with Crippen molar-refractivity contribution in [3.8, 4) is 11.6 Å². The highest BCUT2D eigenvalue weighted by Gasteiger charge is 2.49. The number of carbonyl (C=O) groups excluding carboxylic acids is 1. The predicted molar refractivity (Wildman–Crippen MR) is 100 cm³/mol. The second-order valence-corrected chi connectivity index (χ2v) is 7.74. The molecule has 0 spiro atoms. The topological polar surface area (TPSA) is 86.0 Å². The number of ether oxygens (including phenoxy) is 1. The molecule has 0 N–H and O–H groups in total. The number of rotatable bonds is 4. The Bertz CT molecular complexity index is 1140. The first-order chi connectivity index (χ1) is 15.3. The molecule has 1 aliphatic carbocycles. The molecular weight excluding hydrogens is 432 g/mol. The summed E-state index contributed by atoms with van der Waals surface area (Å²) < 4.78 is 57.8. The highest BCUT2D eigenvalue weighted by atomic mass is 19.4. The summed E-state index contributed by atoms with van der Waals surface area (Å²) in [5.74, 6) is -0.844. The molecule has 8 nitrogen and oxygen atoms in total. The normalized spacial score (nSPS) is 22.4. The van der Waals surface area contributed by atoms with Crippen molar-refractivity contribution in [3.63, 3.8) is 0 Å². The molecule has 1 amide bonds. The van der Waals surface area contributed by atoms with Crippen LogP contribution in [-0.4, -0.2) is 54.5 Å².